The predicted octanol–water partition coefficient (Wildman–Crippen LogP) is 4.10. The van der Waals surface area contributed by atoms with Crippen molar-refractivity contribution in [3.05, 3.63) is 77.3 Å². The van der Waals surface area contributed by atoms with Crippen molar-refractivity contribution in [3.8, 4) is 0 Å². The van der Waals surface area contributed by atoms with Crippen molar-refractivity contribution in [2.24, 2.45) is 0 Å². The molecule has 0 aliphatic heterocycles. The number of furan rings is 1. The summed E-state index contributed by atoms with van der Waals surface area (Å²) >= 11 is 0. The zero-order valence-electron chi connectivity index (χ0n) is 16.6. The van der Waals surface area contributed by atoms with E-state index in [1.54, 1.807) is 19.3 Å². The molecular weight excluding hydrogens is 375 g/mol. The fraction of sp³-hybridized carbons (Fsp3) is 0.273. The second-order valence-electron chi connectivity index (χ2n) is 6.64. The summed E-state index contributed by atoms with van der Waals surface area (Å²) in [6.45, 7) is 6.00. The summed E-state index contributed by atoms with van der Waals surface area (Å²) in [7, 11) is 0. The highest BCUT2D eigenvalue weighted by molar-refractivity contribution is 5.97. The van der Waals surface area contributed by atoms with Crippen LogP contribution in [0.3, 0.4) is 0 Å². The highest BCUT2D eigenvalue weighted by Gasteiger charge is 2.21. The van der Waals surface area contributed by atoms with E-state index in [4.69, 9.17) is 9.15 Å². The molecule has 1 amide bonds. The van der Waals surface area contributed by atoms with E-state index in [1.807, 2.05) is 30.5 Å². The van der Waals surface area contributed by atoms with Crippen LogP contribution in [0.1, 0.15) is 34.4 Å². The molecule has 29 heavy (non-hydrogen) atoms. The van der Waals surface area contributed by atoms with Gasteiger partial charge in [0.05, 0.1) is 18.4 Å². The van der Waals surface area contributed by atoms with Crippen molar-refractivity contribution in [2.45, 2.75) is 27.3 Å². The van der Waals surface area contributed by atoms with Gasteiger partial charge in [0.25, 0.3) is 5.91 Å². The molecule has 0 unspecified atom stereocenters. The molecule has 0 saturated heterocycles. The van der Waals surface area contributed by atoms with Gasteiger partial charge >= 0.3 is 5.97 Å². The minimum absolute atomic E-state index is 0.375. The summed E-state index contributed by atoms with van der Waals surface area (Å²) in [5, 5.41) is 0. The first kappa shape index (κ1) is 20.4. The number of ether oxygens (including phenoxy) is 1. The summed E-state index contributed by atoms with van der Waals surface area (Å²) in [5.74, 6) is -0.544. The normalized spacial score (nSPS) is 10.8. The maximum absolute atomic E-state index is 13.1. The Morgan fingerprint density at radius 1 is 1.17 bits per heavy atom. The van der Waals surface area contributed by atoms with Crippen LogP contribution in [0, 0.1) is 19.7 Å². The third-order valence-electron chi connectivity index (χ3n) is 4.77. The molecule has 7 heteroatoms. The van der Waals surface area contributed by atoms with Crippen LogP contribution in [0.15, 0.2) is 53.1 Å². The van der Waals surface area contributed by atoms with Crippen LogP contribution in [-0.2, 0) is 16.1 Å². The smallest absolute Gasteiger partial charge is 0.340 e. The molecule has 0 atom stereocenters. The van der Waals surface area contributed by atoms with E-state index in [0.717, 1.165) is 17.1 Å². The molecule has 1 aromatic carbocycles. The molecule has 2 aromatic heterocycles. The van der Waals surface area contributed by atoms with Gasteiger partial charge in [-0.1, -0.05) is 0 Å². The number of esters is 1. The number of aryl methyl sites for hydroxylation is 1. The number of halogens is 1. The van der Waals surface area contributed by atoms with E-state index in [1.165, 1.54) is 29.2 Å². The summed E-state index contributed by atoms with van der Waals surface area (Å²) in [5.41, 5.74) is 2.58. The molecule has 152 valence electrons. The van der Waals surface area contributed by atoms with Crippen molar-refractivity contribution in [2.75, 3.05) is 18.1 Å². The lowest BCUT2D eigenvalue weighted by atomic mass is 10.2. The average molecular weight is 398 g/mol. The Morgan fingerprint density at radius 3 is 2.52 bits per heavy atom. The van der Waals surface area contributed by atoms with Gasteiger partial charge in [0.2, 0.25) is 0 Å². The second-order valence-corrected chi connectivity index (χ2v) is 6.64. The molecule has 0 spiro atoms. The number of amides is 1. The third kappa shape index (κ3) is 4.56. The Balaban J connectivity index is 1.67. The molecule has 0 bridgehead atoms. The van der Waals surface area contributed by atoms with Gasteiger partial charge in [-0.3, -0.25) is 4.79 Å². The van der Waals surface area contributed by atoms with Gasteiger partial charge in [-0.05, 0) is 63.2 Å². The number of benzene rings is 1. The number of rotatable bonds is 7. The molecule has 3 rings (SSSR count). The highest BCUT2D eigenvalue weighted by atomic mass is 19.1. The molecule has 0 N–H and O–H groups in total. The molecule has 6 nitrogen and oxygen atoms in total. The average Bonchev–Trinajstić information content (AvgIpc) is 3.32. The van der Waals surface area contributed by atoms with Crippen molar-refractivity contribution >= 4 is 17.6 Å². The van der Waals surface area contributed by atoms with Gasteiger partial charge < -0.3 is 18.6 Å². The Hall–Kier alpha value is -3.35. The standard InChI is InChI=1S/C22H23FN2O4/c1-4-24(18-9-7-17(23)8-10-18)21(26)14-29-22(27)20-12-15(2)25(16(20)3)13-19-6-5-11-28-19/h5-12H,4,13-14H2,1-3H3. The monoisotopic (exact) mass is 398 g/mol. The molecule has 0 aliphatic rings. The van der Waals surface area contributed by atoms with E-state index in [2.05, 4.69) is 0 Å². The fourth-order valence-electron chi connectivity index (χ4n) is 3.22. The number of hydrogen-bond acceptors (Lipinski definition) is 4. The SMILES string of the molecule is CCN(C(=O)COC(=O)c1cc(C)n(Cc2ccco2)c1C)c1ccc(F)cc1. The third-order valence-corrected chi connectivity index (χ3v) is 4.77. The number of carbonyl (C=O) groups is 2. The van der Waals surface area contributed by atoms with Crippen LogP contribution in [0.4, 0.5) is 10.1 Å². The zero-order valence-corrected chi connectivity index (χ0v) is 16.6. The van der Waals surface area contributed by atoms with E-state index >= 15 is 0 Å². The molecule has 0 saturated carbocycles. The first-order valence-corrected chi connectivity index (χ1v) is 9.33. The van der Waals surface area contributed by atoms with E-state index < -0.39 is 12.6 Å². The van der Waals surface area contributed by atoms with E-state index in [9.17, 15) is 14.0 Å². The van der Waals surface area contributed by atoms with Crippen LogP contribution in [-0.4, -0.2) is 29.6 Å². The Bertz CT molecular complexity index is 991. The number of aromatic nitrogens is 1. The van der Waals surface area contributed by atoms with Crippen LogP contribution in [0.2, 0.25) is 0 Å². The van der Waals surface area contributed by atoms with Gasteiger partial charge in [-0.25, -0.2) is 9.18 Å². The van der Waals surface area contributed by atoms with Crippen molar-refractivity contribution in [1.82, 2.24) is 4.57 Å². The number of carbonyl (C=O) groups excluding carboxylic acids is 2. The highest BCUT2D eigenvalue weighted by Crippen LogP contribution is 2.19. The number of nitrogens with zero attached hydrogens (tertiary/aromatic N) is 2. The van der Waals surface area contributed by atoms with Crippen LogP contribution in [0.25, 0.3) is 0 Å². The minimum Gasteiger partial charge on any atom is -0.467 e. The Kier molecular flexibility index (Phi) is 6.16. The maximum Gasteiger partial charge on any atom is 0.340 e. The quantitative estimate of drug-likeness (QED) is 0.562. The second kappa shape index (κ2) is 8.77. The lowest BCUT2D eigenvalue weighted by Crippen LogP contribution is -2.34. The van der Waals surface area contributed by atoms with Crippen molar-refractivity contribution in [1.29, 1.82) is 0 Å². The summed E-state index contributed by atoms with van der Waals surface area (Å²) in [6.07, 6.45) is 1.60. The molecule has 0 fully saturated rings. The largest absolute Gasteiger partial charge is 0.467 e. The molecule has 2 heterocycles. The molecule has 0 aliphatic carbocycles. The van der Waals surface area contributed by atoms with E-state index in [-0.39, 0.29) is 11.7 Å². The van der Waals surface area contributed by atoms with Crippen LogP contribution < -0.4 is 4.90 Å². The van der Waals surface area contributed by atoms with Gasteiger partial charge in [0.15, 0.2) is 6.61 Å². The number of anilines is 1. The zero-order chi connectivity index (χ0) is 21.0. The molecule has 3 aromatic rings. The van der Waals surface area contributed by atoms with Crippen molar-refractivity contribution < 1.29 is 23.1 Å². The van der Waals surface area contributed by atoms with Crippen LogP contribution >= 0.6 is 0 Å². The summed E-state index contributed by atoms with van der Waals surface area (Å²) in [6, 6.07) is 11.0. The van der Waals surface area contributed by atoms with Crippen LogP contribution in [0.5, 0.6) is 0 Å². The van der Waals surface area contributed by atoms with Gasteiger partial charge in [0, 0.05) is 23.6 Å². The first-order valence-electron chi connectivity index (χ1n) is 9.33. The van der Waals surface area contributed by atoms with Crippen molar-refractivity contribution in [3.63, 3.8) is 0 Å². The van der Waals surface area contributed by atoms with Gasteiger partial charge in [0.1, 0.15) is 11.6 Å². The topological polar surface area (TPSA) is 64.7 Å². The fourth-order valence-corrected chi connectivity index (χ4v) is 3.22. The first-order chi connectivity index (χ1) is 13.9. The predicted molar refractivity (Wildman–Crippen MR) is 106 cm³/mol. The van der Waals surface area contributed by atoms with Gasteiger partial charge in [-0.2, -0.15) is 0 Å². The Labute approximate surface area is 168 Å². The molecule has 0 radical (unpaired) electrons. The van der Waals surface area contributed by atoms with E-state index in [0.29, 0.717) is 24.3 Å². The lowest BCUT2D eigenvalue weighted by molar-refractivity contribution is -0.121. The van der Waals surface area contributed by atoms with Gasteiger partial charge in [-0.15, -0.1) is 0 Å². The Morgan fingerprint density at radius 2 is 1.90 bits per heavy atom. The maximum atomic E-state index is 13.1. The summed E-state index contributed by atoms with van der Waals surface area (Å²) in [4.78, 5) is 26.5. The number of likely N-dealkylation sites (N-methyl/N-ethyl adjacent to an activating group) is 1. The minimum atomic E-state index is -0.563. The number of hydrogen-bond donors (Lipinski definition) is 0. The lowest BCUT2D eigenvalue weighted by Gasteiger charge is -2.20. The summed E-state index contributed by atoms with van der Waals surface area (Å²) < 4.78 is 25.7. The molecular formula is C22H23FN2O4.